The van der Waals surface area contributed by atoms with Crippen LogP contribution < -0.4 is 0 Å². The molecule has 0 aliphatic heterocycles. The number of rotatable bonds is 12. The van der Waals surface area contributed by atoms with Crippen LogP contribution in [0.25, 0.3) is 0 Å². The Kier molecular flexibility index (Phi) is 10.5. The van der Waals surface area contributed by atoms with E-state index < -0.39 is 28.6 Å². The molecule has 178 valence electrons. The van der Waals surface area contributed by atoms with Crippen LogP contribution in [0, 0.1) is 6.92 Å². The summed E-state index contributed by atoms with van der Waals surface area (Å²) in [5, 5.41) is 0.313. The van der Waals surface area contributed by atoms with Gasteiger partial charge in [0.2, 0.25) is 5.41 Å². The highest BCUT2D eigenvalue weighted by Gasteiger charge is 2.54. The fourth-order valence-electron chi connectivity index (χ4n) is 2.82. The van der Waals surface area contributed by atoms with Crippen molar-refractivity contribution in [1.29, 1.82) is 0 Å². The van der Waals surface area contributed by atoms with Gasteiger partial charge in [0.1, 0.15) is 22.0 Å². The van der Waals surface area contributed by atoms with Crippen LogP contribution in [0.15, 0.2) is 0 Å². The summed E-state index contributed by atoms with van der Waals surface area (Å²) in [6.45, 7) is 15.2. The molecule has 1 heterocycles. The standard InChI is InChI=1S/C22H38N2O6S/c1-9-27-28-15-13-11-10-12-14-22(17-23-16(2)24-31-17,18(25)29-20(3,4)5)19(26)30-21(6,7)8/h9-15H2,1-8H3. The highest BCUT2D eigenvalue weighted by molar-refractivity contribution is 7.06. The van der Waals surface area contributed by atoms with Gasteiger partial charge in [-0.15, -0.1) is 0 Å². The predicted molar refractivity (Wildman–Crippen MR) is 119 cm³/mol. The van der Waals surface area contributed by atoms with Crippen LogP contribution in [0.3, 0.4) is 0 Å². The van der Waals surface area contributed by atoms with Gasteiger partial charge in [0.25, 0.3) is 0 Å². The molecule has 0 fully saturated rings. The van der Waals surface area contributed by atoms with Gasteiger partial charge in [0.15, 0.2) is 0 Å². The highest BCUT2D eigenvalue weighted by Crippen LogP contribution is 2.37. The van der Waals surface area contributed by atoms with Crippen molar-refractivity contribution in [3.05, 3.63) is 10.8 Å². The van der Waals surface area contributed by atoms with E-state index in [0.29, 0.717) is 30.5 Å². The van der Waals surface area contributed by atoms with Crippen LogP contribution in [0.1, 0.15) is 91.4 Å². The lowest BCUT2D eigenvalue weighted by atomic mass is 9.82. The van der Waals surface area contributed by atoms with Gasteiger partial charge in [-0.1, -0.05) is 19.3 Å². The molecular weight excluding hydrogens is 420 g/mol. The molecule has 31 heavy (non-hydrogen) atoms. The third-order valence-electron chi connectivity index (χ3n) is 4.12. The normalized spacial score (nSPS) is 12.6. The Balaban J connectivity index is 3.12. The van der Waals surface area contributed by atoms with Crippen LogP contribution >= 0.6 is 11.5 Å². The zero-order valence-corrected chi connectivity index (χ0v) is 21.0. The number of nitrogens with zero attached hydrogens (tertiary/aromatic N) is 2. The summed E-state index contributed by atoms with van der Waals surface area (Å²) in [7, 11) is 0. The van der Waals surface area contributed by atoms with E-state index in [9.17, 15) is 9.59 Å². The molecule has 0 aromatic carbocycles. The van der Waals surface area contributed by atoms with Crippen molar-refractivity contribution < 1.29 is 28.8 Å². The fourth-order valence-corrected chi connectivity index (χ4v) is 3.67. The molecule has 0 spiro atoms. The quantitative estimate of drug-likeness (QED) is 0.146. The second-order valence-electron chi connectivity index (χ2n) is 9.45. The highest BCUT2D eigenvalue weighted by atomic mass is 32.1. The van der Waals surface area contributed by atoms with E-state index in [1.807, 2.05) is 6.92 Å². The molecule has 1 aromatic heterocycles. The van der Waals surface area contributed by atoms with E-state index >= 15 is 0 Å². The first-order valence-corrected chi connectivity index (χ1v) is 11.6. The monoisotopic (exact) mass is 458 g/mol. The molecule has 1 aromatic rings. The number of hydrogen-bond acceptors (Lipinski definition) is 9. The minimum Gasteiger partial charge on any atom is -0.459 e. The maximum Gasteiger partial charge on any atom is 0.331 e. The summed E-state index contributed by atoms with van der Waals surface area (Å²) in [6, 6.07) is 0. The van der Waals surface area contributed by atoms with E-state index in [-0.39, 0.29) is 6.42 Å². The minimum absolute atomic E-state index is 0.234. The summed E-state index contributed by atoms with van der Waals surface area (Å²) >= 11 is 1.04. The summed E-state index contributed by atoms with van der Waals surface area (Å²) < 4.78 is 15.6. The van der Waals surface area contributed by atoms with Crippen LogP contribution in [0.4, 0.5) is 0 Å². The van der Waals surface area contributed by atoms with Gasteiger partial charge >= 0.3 is 11.9 Å². The topological polar surface area (TPSA) is 96.8 Å². The molecule has 1 rings (SSSR count). The molecule has 0 saturated heterocycles. The predicted octanol–water partition coefficient (Wildman–Crippen LogP) is 4.69. The Morgan fingerprint density at radius 3 is 1.87 bits per heavy atom. The van der Waals surface area contributed by atoms with Gasteiger partial charge in [-0.3, -0.25) is 9.59 Å². The van der Waals surface area contributed by atoms with Crippen molar-refractivity contribution in [3.63, 3.8) is 0 Å². The number of aryl methyl sites for hydroxylation is 1. The number of hydrogen-bond donors (Lipinski definition) is 0. The number of carbonyl (C=O) groups is 2. The average Bonchev–Trinajstić information content (AvgIpc) is 3.04. The zero-order chi connectivity index (χ0) is 23.7. The van der Waals surface area contributed by atoms with Gasteiger partial charge in [-0.05, 0) is 79.8 Å². The lowest BCUT2D eigenvalue weighted by molar-refractivity contribution is -0.291. The molecule has 0 N–H and O–H groups in total. The Labute approximate surface area is 190 Å². The number of ether oxygens (including phenoxy) is 2. The first kappa shape index (κ1) is 27.5. The van der Waals surface area contributed by atoms with Crippen molar-refractivity contribution >= 4 is 23.5 Å². The SMILES string of the molecule is CCOOCCCCCCC(C(=O)OC(C)(C)C)(C(=O)OC(C)(C)C)c1nc(C)ns1. The summed E-state index contributed by atoms with van der Waals surface area (Å²) in [5.74, 6) is -0.792. The lowest BCUT2D eigenvalue weighted by Gasteiger charge is -2.33. The second kappa shape index (κ2) is 11.9. The Hall–Kier alpha value is -1.58. The molecule has 0 unspecified atom stereocenters. The van der Waals surface area contributed by atoms with Crippen LogP contribution in [0.5, 0.6) is 0 Å². The van der Waals surface area contributed by atoms with Crippen molar-refractivity contribution in [2.24, 2.45) is 0 Å². The van der Waals surface area contributed by atoms with Crippen LogP contribution in [-0.4, -0.2) is 45.7 Å². The van der Waals surface area contributed by atoms with E-state index in [4.69, 9.17) is 19.2 Å². The third kappa shape index (κ3) is 9.21. The van der Waals surface area contributed by atoms with Crippen molar-refractivity contribution in [3.8, 4) is 0 Å². The lowest BCUT2D eigenvalue weighted by Crippen LogP contribution is -2.50. The van der Waals surface area contributed by atoms with Crippen molar-refractivity contribution in [1.82, 2.24) is 9.36 Å². The maximum absolute atomic E-state index is 13.4. The van der Waals surface area contributed by atoms with E-state index in [0.717, 1.165) is 30.8 Å². The summed E-state index contributed by atoms with van der Waals surface area (Å²) in [6.07, 6.45) is 3.36. The second-order valence-corrected chi connectivity index (χ2v) is 10.2. The molecule has 0 bridgehead atoms. The van der Waals surface area contributed by atoms with Gasteiger partial charge < -0.3 is 9.47 Å². The summed E-state index contributed by atoms with van der Waals surface area (Å²) in [4.78, 5) is 41.2. The molecule has 0 radical (unpaired) electrons. The molecule has 0 aliphatic carbocycles. The van der Waals surface area contributed by atoms with Crippen molar-refractivity contribution in [2.45, 2.75) is 104 Å². The molecule has 0 aliphatic rings. The third-order valence-corrected chi connectivity index (χ3v) is 5.09. The number of esters is 2. The van der Waals surface area contributed by atoms with E-state index in [1.54, 1.807) is 48.5 Å². The Morgan fingerprint density at radius 2 is 1.42 bits per heavy atom. The molecule has 0 amide bonds. The maximum atomic E-state index is 13.4. The smallest absolute Gasteiger partial charge is 0.331 e. The van der Waals surface area contributed by atoms with Crippen LogP contribution in [-0.2, 0) is 34.3 Å². The number of unbranched alkanes of at least 4 members (excludes halogenated alkanes) is 3. The van der Waals surface area contributed by atoms with E-state index in [1.165, 1.54) is 0 Å². The van der Waals surface area contributed by atoms with Gasteiger partial charge in [-0.25, -0.2) is 14.8 Å². The first-order chi connectivity index (χ1) is 14.3. The summed E-state index contributed by atoms with van der Waals surface area (Å²) in [5.41, 5.74) is -3.17. The number of aromatic nitrogens is 2. The van der Waals surface area contributed by atoms with Crippen molar-refractivity contribution in [2.75, 3.05) is 13.2 Å². The van der Waals surface area contributed by atoms with Gasteiger partial charge in [0, 0.05) is 0 Å². The molecule has 0 saturated carbocycles. The Bertz CT molecular complexity index is 678. The Morgan fingerprint density at radius 1 is 0.871 bits per heavy atom. The first-order valence-electron chi connectivity index (χ1n) is 10.8. The molecule has 9 heteroatoms. The number of carbonyl (C=O) groups excluding carboxylic acids is 2. The molecule has 8 nitrogen and oxygen atoms in total. The largest absolute Gasteiger partial charge is 0.459 e. The minimum atomic E-state index is -1.64. The zero-order valence-electron chi connectivity index (χ0n) is 20.2. The molecule has 0 atom stereocenters. The van der Waals surface area contributed by atoms with Crippen LogP contribution in [0.2, 0.25) is 0 Å². The van der Waals surface area contributed by atoms with Gasteiger partial charge in [0.05, 0.1) is 13.2 Å². The van der Waals surface area contributed by atoms with E-state index in [2.05, 4.69) is 9.36 Å². The van der Waals surface area contributed by atoms with Gasteiger partial charge in [-0.2, -0.15) is 4.37 Å². The fraction of sp³-hybridized carbons (Fsp3) is 0.818. The average molecular weight is 459 g/mol. The molecular formula is C22H38N2O6S.